The van der Waals surface area contributed by atoms with Crippen LogP contribution in [0.4, 0.5) is 10.1 Å². The molecule has 106 valence electrons. The highest BCUT2D eigenvalue weighted by Gasteiger charge is 2.19. The van der Waals surface area contributed by atoms with E-state index in [1.807, 2.05) is 6.92 Å². The first-order valence-electron chi connectivity index (χ1n) is 6.15. The Morgan fingerprint density at radius 3 is 2.85 bits per heavy atom. The lowest BCUT2D eigenvalue weighted by atomic mass is 10.1. The molecule has 1 amide bonds. The Kier molecular flexibility index (Phi) is 4.34. The Bertz CT molecular complexity index is 627. The quantitative estimate of drug-likeness (QED) is 0.942. The Hall–Kier alpha value is -1.95. The van der Waals surface area contributed by atoms with Gasteiger partial charge in [0.25, 0.3) is 5.91 Å². The maximum Gasteiger partial charge on any atom is 0.256 e. The molecule has 1 heterocycles. The number of benzene rings is 1. The lowest BCUT2D eigenvalue weighted by molar-refractivity contribution is 0.0787. The maximum atomic E-state index is 13.7. The summed E-state index contributed by atoms with van der Waals surface area (Å²) in [5.74, 6) is -0.651. The summed E-state index contributed by atoms with van der Waals surface area (Å²) in [4.78, 5) is 19.2. The molecule has 0 unspecified atom stereocenters. The van der Waals surface area contributed by atoms with Crippen LogP contribution in [-0.4, -0.2) is 29.9 Å². The molecule has 0 fully saturated rings. The van der Waals surface area contributed by atoms with E-state index in [4.69, 9.17) is 0 Å². The van der Waals surface area contributed by atoms with Crippen molar-refractivity contribution in [1.29, 1.82) is 0 Å². The van der Waals surface area contributed by atoms with E-state index in [0.29, 0.717) is 12.1 Å². The third-order valence-corrected chi connectivity index (χ3v) is 3.99. The number of para-hydroxylation sites is 1. The van der Waals surface area contributed by atoms with Crippen LogP contribution in [0.15, 0.2) is 23.7 Å². The summed E-state index contributed by atoms with van der Waals surface area (Å²) in [7, 11) is 3.30. The lowest BCUT2D eigenvalue weighted by Crippen LogP contribution is -2.27. The van der Waals surface area contributed by atoms with Crippen LogP contribution in [0.2, 0.25) is 0 Å². The van der Waals surface area contributed by atoms with E-state index in [2.05, 4.69) is 10.3 Å². The van der Waals surface area contributed by atoms with Gasteiger partial charge in [-0.05, 0) is 19.1 Å². The van der Waals surface area contributed by atoms with Crippen molar-refractivity contribution in [3.05, 3.63) is 45.7 Å². The van der Waals surface area contributed by atoms with Gasteiger partial charge in [-0.1, -0.05) is 6.07 Å². The van der Waals surface area contributed by atoms with Gasteiger partial charge in [-0.3, -0.25) is 4.79 Å². The summed E-state index contributed by atoms with van der Waals surface area (Å²) < 4.78 is 13.7. The van der Waals surface area contributed by atoms with Crippen LogP contribution >= 0.6 is 11.3 Å². The molecule has 0 saturated carbocycles. The number of nitrogens with zero attached hydrogens (tertiary/aromatic N) is 2. The number of aryl methyl sites for hydroxylation is 1. The summed E-state index contributed by atoms with van der Waals surface area (Å²) >= 11 is 1.51. The molecule has 0 spiro atoms. The minimum atomic E-state index is -0.430. The largest absolute Gasteiger partial charge is 0.385 e. The first-order chi connectivity index (χ1) is 9.54. The summed E-state index contributed by atoms with van der Waals surface area (Å²) in [6.45, 7) is 2.38. The van der Waals surface area contributed by atoms with E-state index in [1.54, 1.807) is 30.6 Å². The zero-order valence-electron chi connectivity index (χ0n) is 11.6. The Morgan fingerprint density at radius 1 is 1.50 bits per heavy atom. The van der Waals surface area contributed by atoms with Gasteiger partial charge in [-0.2, -0.15) is 0 Å². The smallest absolute Gasteiger partial charge is 0.256 e. The van der Waals surface area contributed by atoms with Gasteiger partial charge in [0.1, 0.15) is 5.82 Å². The van der Waals surface area contributed by atoms with Gasteiger partial charge in [0, 0.05) is 19.0 Å². The van der Waals surface area contributed by atoms with E-state index < -0.39 is 5.82 Å². The van der Waals surface area contributed by atoms with Crippen LogP contribution in [0.1, 0.15) is 20.9 Å². The van der Waals surface area contributed by atoms with Crippen molar-refractivity contribution in [2.45, 2.75) is 13.5 Å². The van der Waals surface area contributed by atoms with Crippen molar-refractivity contribution >= 4 is 22.9 Å². The third kappa shape index (κ3) is 2.80. The predicted octanol–water partition coefficient (Wildman–Crippen LogP) is 2.90. The zero-order chi connectivity index (χ0) is 14.7. The van der Waals surface area contributed by atoms with E-state index >= 15 is 0 Å². The van der Waals surface area contributed by atoms with Gasteiger partial charge in [0.05, 0.1) is 29.0 Å². The van der Waals surface area contributed by atoms with E-state index in [0.717, 1.165) is 10.6 Å². The number of hydrogen-bond donors (Lipinski definition) is 1. The van der Waals surface area contributed by atoms with E-state index in [-0.39, 0.29) is 11.6 Å². The highest BCUT2D eigenvalue weighted by atomic mass is 32.1. The van der Waals surface area contributed by atoms with Crippen molar-refractivity contribution < 1.29 is 9.18 Å². The third-order valence-electron chi connectivity index (χ3n) is 3.07. The molecule has 6 heteroatoms. The Labute approximate surface area is 121 Å². The SMILES string of the molecule is CNc1c(F)cccc1C(=O)N(C)Cc1scnc1C. The van der Waals surface area contributed by atoms with Crippen molar-refractivity contribution in [3.63, 3.8) is 0 Å². The molecule has 0 aliphatic carbocycles. The topological polar surface area (TPSA) is 45.2 Å². The van der Waals surface area contributed by atoms with Gasteiger partial charge in [-0.25, -0.2) is 9.37 Å². The van der Waals surface area contributed by atoms with E-state index in [9.17, 15) is 9.18 Å². The molecule has 20 heavy (non-hydrogen) atoms. The van der Waals surface area contributed by atoms with Gasteiger partial charge in [0.15, 0.2) is 0 Å². The first-order valence-corrected chi connectivity index (χ1v) is 7.03. The number of anilines is 1. The molecule has 0 aliphatic rings. The van der Waals surface area contributed by atoms with Gasteiger partial charge < -0.3 is 10.2 Å². The summed E-state index contributed by atoms with van der Waals surface area (Å²) in [5.41, 5.74) is 3.23. The molecule has 1 aromatic heterocycles. The van der Waals surface area contributed by atoms with Crippen LogP contribution in [-0.2, 0) is 6.54 Å². The number of halogens is 1. The number of rotatable bonds is 4. The Balaban J connectivity index is 2.23. The van der Waals surface area contributed by atoms with Gasteiger partial charge in [0.2, 0.25) is 0 Å². The number of carbonyl (C=O) groups is 1. The number of amides is 1. The monoisotopic (exact) mass is 293 g/mol. The zero-order valence-corrected chi connectivity index (χ0v) is 12.4. The first kappa shape index (κ1) is 14.5. The predicted molar refractivity (Wildman–Crippen MR) is 78.6 cm³/mol. The van der Waals surface area contributed by atoms with Crippen LogP contribution in [0.5, 0.6) is 0 Å². The number of nitrogens with one attached hydrogen (secondary N) is 1. The summed E-state index contributed by atoms with van der Waals surface area (Å²) in [6.07, 6.45) is 0. The van der Waals surface area contributed by atoms with Crippen LogP contribution < -0.4 is 5.32 Å². The second-order valence-corrected chi connectivity index (χ2v) is 5.37. The molecule has 0 radical (unpaired) electrons. The van der Waals surface area contributed by atoms with Crippen molar-refractivity contribution in [2.75, 3.05) is 19.4 Å². The molecule has 0 aliphatic heterocycles. The molecule has 0 saturated heterocycles. The molecule has 2 rings (SSSR count). The van der Waals surface area contributed by atoms with Crippen molar-refractivity contribution in [3.8, 4) is 0 Å². The van der Waals surface area contributed by atoms with Crippen LogP contribution in [0.3, 0.4) is 0 Å². The van der Waals surface area contributed by atoms with Gasteiger partial charge >= 0.3 is 0 Å². The number of aromatic nitrogens is 1. The molecule has 0 bridgehead atoms. The number of carbonyl (C=O) groups excluding carboxylic acids is 1. The number of thiazole rings is 1. The lowest BCUT2D eigenvalue weighted by Gasteiger charge is -2.18. The minimum Gasteiger partial charge on any atom is -0.385 e. The molecule has 2 aromatic rings. The average molecular weight is 293 g/mol. The summed E-state index contributed by atoms with van der Waals surface area (Å²) in [5, 5.41) is 2.74. The summed E-state index contributed by atoms with van der Waals surface area (Å²) in [6, 6.07) is 4.48. The fourth-order valence-corrected chi connectivity index (χ4v) is 2.76. The van der Waals surface area contributed by atoms with Crippen LogP contribution in [0.25, 0.3) is 0 Å². The average Bonchev–Trinajstić information content (AvgIpc) is 2.83. The molecule has 1 aromatic carbocycles. The minimum absolute atomic E-state index is 0.221. The van der Waals surface area contributed by atoms with Crippen molar-refractivity contribution in [1.82, 2.24) is 9.88 Å². The standard InChI is InChI=1S/C14H16FN3OS/c1-9-12(20-8-17-9)7-18(3)14(19)10-5-4-6-11(15)13(10)16-2/h4-6,8,16H,7H2,1-3H3. The maximum absolute atomic E-state index is 13.7. The number of hydrogen-bond acceptors (Lipinski definition) is 4. The fourth-order valence-electron chi connectivity index (χ4n) is 1.93. The highest BCUT2D eigenvalue weighted by molar-refractivity contribution is 7.09. The highest BCUT2D eigenvalue weighted by Crippen LogP contribution is 2.22. The second-order valence-electron chi connectivity index (χ2n) is 4.43. The molecule has 4 nitrogen and oxygen atoms in total. The van der Waals surface area contributed by atoms with Crippen LogP contribution in [0, 0.1) is 12.7 Å². The Morgan fingerprint density at radius 2 is 2.25 bits per heavy atom. The fraction of sp³-hybridized carbons (Fsp3) is 0.286. The molecule has 0 atom stereocenters. The van der Waals surface area contributed by atoms with Gasteiger partial charge in [-0.15, -0.1) is 11.3 Å². The molecular weight excluding hydrogens is 277 g/mol. The van der Waals surface area contributed by atoms with E-state index in [1.165, 1.54) is 23.5 Å². The normalized spacial score (nSPS) is 10.4. The van der Waals surface area contributed by atoms with Crippen molar-refractivity contribution in [2.24, 2.45) is 0 Å². The second kappa shape index (κ2) is 6.00. The molecular formula is C14H16FN3OS. The molecule has 1 N–H and O–H groups in total.